The number of hydrogen-bond acceptors (Lipinski definition) is 6. The molecule has 1 aliphatic heterocycles. The fraction of sp³-hybridized carbons (Fsp3) is 0.333. The Labute approximate surface area is 167 Å². The molecule has 2 aliphatic rings. The van der Waals surface area contributed by atoms with Crippen LogP contribution in [0.4, 0.5) is 10.1 Å². The largest absolute Gasteiger partial charge is 0.462 e. The normalized spacial score (nSPS) is 25.3. The maximum absolute atomic E-state index is 14.8. The number of carbonyl (C=O) groups excluding carboxylic acids is 1. The number of amidine groups is 1. The van der Waals surface area contributed by atoms with Crippen molar-refractivity contribution in [1.29, 1.82) is 5.26 Å². The summed E-state index contributed by atoms with van der Waals surface area (Å²) < 4.78 is 20.5. The average Bonchev–Trinajstić information content (AvgIpc) is 3.18. The summed E-state index contributed by atoms with van der Waals surface area (Å²) in [7, 11) is 0. The monoisotopic (exact) mass is 393 g/mol. The number of fused-ring (bicyclic) bond motifs is 1. The number of nitrogens with two attached hydrogens (primary N) is 1. The lowest BCUT2D eigenvalue weighted by Crippen LogP contribution is -2.45. The second kappa shape index (κ2) is 7.17. The quantitative estimate of drug-likeness (QED) is 0.832. The van der Waals surface area contributed by atoms with E-state index in [9.17, 15) is 9.18 Å². The van der Waals surface area contributed by atoms with Crippen LogP contribution < -0.4 is 11.1 Å². The van der Waals surface area contributed by atoms with Gasteiger partial charge < -0.3 is 15.8 Å². The third kappa shape index (κ3) is 3.40. The number of pyridine rings is 1. The van der Waals surface area contributed by atoms with Gasteiger partial charge in [-0.15, -0.1) is 0 Å². The van der Waals surface area contributed by atoms with Gasteiger partial charge in [0.2, 0.25) is 0 Å². The Morgan fingerprint density at radius 3 is 2.93 bits per heavy atom. The molecule has 1 aromatic heterocycles. The molecule has 29 heavy (non-hydrogen) atoms. The van der Waals surface area contributed by atoms with E-state index in [1.54, 1.807) is 6.07 Å². The van der Waals surface area contributed by atoms with Crippen LogP contribution in [0.5, 0.6) is 0 Å². The van der Waals surface area contributed by atoms with Crippen LogP contribution in [0, 0.1) is 23.1 Å². The first kappa shape index (κ1) is 18.9. The number of nitrogens with one attached hydrogen (secondary N) is 1. The van der Waals surface area contributed by atoms with Crippen LogP contribution in [-0.2, 0) is 10.3 Å². The summed E-state index contributed by atoms with van der Waals surface area (Å²) >= 11 is 0. The molecule has 1 amide bonds. The van der Waals surface area contributed by atoms with Crippen LogP contribution in [0.15, 0.2) is 41.5 Å². The molecule has 0 bridgehead atoms. The SMILES string of the molecule is C[C@]1(c2cc(NC(=O)c3ccc(C#N)cn3)ccc2F)N=C(N)OC2CCCC21. The molecule has 3 atom stereocenters. The predicted molar refractivity (Wildman–Crippen MR) is 104 cm³/mol. The van der Waals surface area contributed by atoms with Gasteiger partial charge in [0.05, 0.1) is 11.1 Å². The molecule has 1 saturated carbocycles. The molecule has 0 spiro atoms. The van der Waals surface area contributed by atoms with Crippen molar-refractivity contribution in [3.05, 3.63) is 59.2 Å². The van der Waals surface area contributed by atoms with Gasteiger partial charge in [-0.25, -0.2) is 14.4 Å². The van der Waals surface area contributed by atoms with E-state index in [4.69, 9.17) is 15.7 Å². The molecule has 4 rings (SSSR count). The third-order valence-electron chi connectivity index (χ3n) is 5.68. The molecular weight excluding hydrogens is 373 g/mol. The highest BCUT2D eigenvalue weighted by molar-refractivity contribution is 6.02. The smallest absolute Gasteiger partial charge is 0.283 e. The van der Waals surface area contributed by atoms with Gasteiger partial charge in [-0.2, -0.15) is 5.26 Å². The number of nitriles is 1. The average molecular weight is 393 g/mol. The van der Waals surface area contributed by atoms with Gasteiger partial charge in [0.25, 0.3) is 11.9 Å². The van der Waals surface area contributed by atoms with Gasteiger partial charge in [0, 0.05) is 23.4 Å². The third-order valence-corrected chi connectivity index (χ3v) is 5.68. The number of benzene rings is 1. The predicted octanol–water partition coefficient (Wildman–Crippen LogP) is 3.07. The van der Waals surface area contributed by atoms with Crippen LogP contribution in [0.2, 0.25) is 0 Å². The number of carbonyl (C=O) groups is 1. The molecule has 148 valence electrons. The summed E-state index contributed by atoms with van der Waals surface area (Å²) in [5, 5.41) is 11.6. The number of anilines is 1. The number of nitrogens with zero attached hydrogens (tertiary/aromatic N) is 3. The molecule has 2 heterocycles. The molecule has 2 aromatic rings. The van der Waals surface area contributed by atoms with Crippen molar-refractivity contribution < 1.29 is 13.9 Å². The van der Waals surface area contributed by atoms with Gasteiger partial charge in [0.1, 0.15) is 23.7 Å². The number of aliphatic imine (C=N–C) groups is 1. The lowest BCUT2D eigenvalue weighted by molar-refractivity contribution is 0.0701. The maximum Gasteiger partial charge on any atom is 0.283 e. The number of hydrogen-bond donors (Lipinski definition) is 2. The lowest BCUT2D eigenvalue weighted by atomic mass is 9.77. The van der Waals surface area contributed by atoms with Gasteiger partial charge in [-0.1, -0.05) is 0 Å². The fourth-order valence-corrected chi connectivity index (χ4v) is 4.24. The van der Waals surface area contributed by atoms with E-state index in [0.29, 0.717) is 16.8 Å². The second-order valence-electron chi connectivity index (χ2n) is 7.48. The zero-order chi connectivity index (χ0) is 20.6. The van der Waals surface area contributed by atoms with E-state index < -0.39 is 17.3 Å². The van der Waals surface area contributed by atoms with Crippen molar-refractivity contribution in [2.24, 2.45) is 16.6 Å². The summed E-state index contributed by atoms with van der Waals surface area (Å²) in [6, 6.07) is 9.38. The lowest BCUT2D eigenvalue weighted by Gasteiger charge is -2.40. The summed E-state index contributed by atoms with van der Waals surface area (Å²) in [6.45, 7) is 1.86. The highest BCUT2D eigenvalue weighted by Crippen LogP contribution is 2.47. The molecule has 7 nitrogen and oxygen atoms in total. The first-order chi connectivity index (χ1) is 13.9. The Kier molecular flexibility index (Phi) is 4.66. The van der Waals surface area contributed by atoms with Gasteiger partial charge in [-0.3, -0.25) is 4.79 Å². The minimum Gasteiger partial charge on any atom is -0.462 e. The van der Waals surface area contributed by atoms with Gasteiger partial charge >= 0.3 is 0 Å². The van der Waals surface area contributed by atoms with E-state index in [1.165, 1.54) is 30.5 Å². The Hall–Kier alpha value is -3.47. The van der Waals surface area contributed by atoms with Crippen molar-refractivity contribution >= 4 is 17.6 Å². The summed E-state index contributed by atoms with van der Waals surface area (Å²) in [4.78, 5) is 20.9. The highest BCUT2D eigenvalue weighted by Gasteiger charge is 2.49. The number of aromatic nitrogens is 1. The maximum atomic E-state index is 14.8. The highest BCUT2D eigenvalue weighted by atomic mass is 19.1. The molecule has 2 unspecified atom stereocenters. The molecule has 1 aromatic carbocycles. The zero-order valence-electron chi connectivity index (χ0n) is 15.9. The fourth-order valence-electron chi connectivity index (χ4n) is 4.24. The molecule has 1 fully saturated rings. The Balaban J connectivity index is 1.65. The standard InChI is InChI=1S/C21H20FN5O2/c1-21(14-3-2-4-18(14)29-20(24)27-21)15-9-13(6-7-16(15)22)26-19(28)17-8-5-12(10-23)11-25-17/h5-9,11,14,18H,2-4H2,1H3,(H2,24,27)(H,26,28)/t14?,18?,21-/m0/s1. The summed E-state index contributed by atoms with van der Waals surface area (Å²) in [6.07, 6.45) is 3.93. The molecule has 8 heteroatoms. The van der Waals surface area contributed by atoms with E-state index in [1.807, 2.05) is 13.0 Å². The summed E-state index contributed by atoms with van der Waals surface area (Å²) in [5.41, 5.74) is 6.31. The molecule has 0 saturated heterocycles. The van der Waals surface area contributed by atoms with Crippen molar-refractivity contribution in [2.45, 2.75) is 37.8 Å². The number of amides is 1. The molecule has 0 radical (unpaired) electrons. The van der Waals surface area contributed by atoms with E-state index in [2.05, 4.69) is 15.3 Å². The second-order valence-corrected chi connectivity index (χ2v) is 7.48. The minimum atomic E-state index is -0.874. The van der Waals surface area contributed by atoms with Crippen molar-refractivity contribution in [3.8, 4) is 6.07 Å². The topological polar surface area (TPSA) is 113 Å². The van der Waals surface area contributed by atoms with Crippen molar-refractivity contribution in [3.63, 3.8) is 0 Å². The number of ether oxygens (including phenoxy) is 1. The van der Waals surface area contributed by atoms with E-state index >= 15 is 0 Å². The number of halogens is 1. The minimum absolute atomic E-state index is 0.00967. The van der Waals surface area contributed by atoms with Crippen molar-refractivity contribution in [1.82, 2.24) is 4.98 Å². The Morgan fingerprint density at radius 2 is 2.21 bits per heavy atom. The molecule has 3 N–H and O–H groups in total. The van der Waals surface area contributed by atoms with E-state index in [0.717, 1.165) is 19.3 Å². The van der Waals surface area contributed by atoms with Crippen LogP contribution in [0.25, 0.3) is 0 Å². The van der Waals surface area contributed by atoms with Crippen LogP contribution in [0.3, 0.4) is 0 Å². The Bertz CT molecular complexity index is 1030. The first-order valence-corrected chi connectivity index (χ1v) is 9.40. The first-order valence-electron chi connectivity index (χ1n) is 9.40. The Morgan fingerprint density at radius 1 is 1.38 bits per heavy atom. The molecular formula is C21H20FN5O2. The molecule has 1 aliphatic carbocycles. The van der Waals surface area contributed by atoms with Gasteiger partial charge in [-0.05, 0) is 56.5 Å². The van der Waals surface area contributed by atoms with Crippen LogP contribution in [-0.4, -0.2) is 23.0 Å². The van der Waals surface area contributed by atoms with Gasteiger partial charge in [0.15, 0.2) is 0 Å². The number of rotatable bonds is 3. The van der Waals surface area contributed by atoms with E-state index in [-0.39, 0.29) is 23.7 Å². The summed E-state index contributed by atoms with van der Waals surface area (Å²) in [5.74, 6) is -0.854. The van der Waals surface area contributed by atoms with Crippen LogP contribution >= 0.6 is 0 Å². The van der Waals surface area contributed by atoms with Crippen LogP contribution in [0.1, 0.15) is 47.8 Å². The van der Waals surface area contributed by atoms with Crippen molar-refractivity contribution in [2.75, 3.05) is 5.32 Å². The zero-order valence-corrected chi connectivity index (χ0v) is 15.9.